The summed E-state index contributed by atoms with van der Waals surface area (Å²) in [7, 11) is 0. The van der Waals surface area contributed by atoms with Gasteiger partial charge in [-0.3, -0.25) is 9.48 Å². The molecule has 3 rings (SSSR count). The third-order valence-corrected chi connectivity index (χ3v) is 4.77. The summed E-state index contributed by atoms with van der Waals surface area (Å²) in [6, 6.07) is 2.09. The maximum Gasteiger partial charge on any atom is 0.205 e. The normalized spacial score (nSPS) is 23.0. The van der Waals surface area contributed by atoms with E-state index in [0.717, 1.165) is 0 Å². The van der Waals surface area contributed by atoms with E-state index in [2.05, 4.69) is 11.2 Å². The van der Waals surface area contributed by atoms with Gasteiger partial charge in [0.1, 0.15) is 17.4 Å². The number of rotatable bonds is 2. The first kappa shape index (κ1) is 16.6. The lowest BCUT2D eigenvalue weighted by atomic mass is 9.71. The summed E-state index contributed by atoms with van der Waals surface area (Å²) >= 11 is 6.33. The van der Waals surface area contributed by atoms with Crippen LogP contribution in [0.3, 0.4) is 0 Å². The molecule has 1 aliphatic heterocycles. The molecule has 1 aromatic heterocycles. The lowest BCUT2D eigenvalue weighted by molar-refractivity contribution is -0.119. The molecule has 0 saturated heterocycles. The first-order valence-corrected chi connectivity index (χ1v) is 8.22. The number of allylic oxidation sites excluding steroid dienone is 3. The molecular weight excluding hydrogens is 328 g/mol. The fourth-order valence-corrected chi connectivity index (χ4v) is 3.72. The van der Waals surface area contributed by atoms with Gasteiger partial charge in [0.05, 0.1) is 22.8 Å². The van der Waals surface area contributed by atoms with Crippen molar-refractivity contribution in [3.05, 3.63) is 39.7 Å². The number of Topliss-reactive ketones (excluding diaryl/α,β-unsaturated/α-hetero) is 1. The van der Waals surface area contributed by atoms with Crippen LogP contribution in [0.25, 0.3) is 0 Å². The van der Waals surface area contributed by atoms with Gasteiger partial charge in [-0.05, 0) is 12.3 Å². The Morgan fingerprint density at radius 1 is 1.54 bits per heavy atom. The van der Waals surface area contributed by atoms with Crippen molar-refractivity contribution in [1.82, 2.24) is 9.78 Å². The van der Waals surface area contributed by atoms with Crippen LogP contribution in [0.5, 0.6) is 0 Å². The minimum atomic E-state index is -0.628. The lowest BCUT2D eigenvalue weighted by Crippen LogP contribution is -2.34. The fraction of sp³-hybridized carbons (Fsp3) is 0.471. The van der Waals surface area contributed by atoms with Crippen molar-refractivity contribution in [3.63, 3.8) is 0 Å². The summed E-state index contributed by atoms with van der Waals surface area (Å²) in [5.74, 6) is -0.0898. The minimum Gasteiger partial charge on any atom is -0.444 e. The van der Waals surface area contributed by atoms with Gasteiger partial charge in [-0.15, -0.1) is 0 Å². The van der Waals surface area contributed by atoms with Crippen molar-refractivity contribution < 1.29 is 9.53 Å². The Labute approximate surface area is 145 Å². The topological polar surface area (TPSA) is 93.9 Å². The molecule has 2 aliphatic rings. The molecule has 6 nitrogen and oxygen atoms in total. The van der Waals surface area contributed by atoms with Crippen LogP contribution in [-0.2, 0) is 16.1 Å². The average Bonchev–Trinajstić information content (AvgIpc) is 2.85. The largest absolute Gasteiger partial charge is 0.444 e. The van der Waals surface area contributed by atoms with Crippen LogP contribution in [-0.4, -0.2) is 15.6 Å². The van der Waals surface area contributed by atoms with E-state index in [1.807, 2.05) is 20.8 Å². The molecule has 0 fully saturated rings. The predicted molar refractivity (Wildman–Crippen MR) is 88.6 cm³/mol. The number of ketones is 1. The van der Waals surface area contributed by atoms with Crippen LogP contribution < -0.4 is 5.73 Å². The first-order valence-electron chi connectivity index (χ1n) is 7.84. The molecule has 0 amide bonds. The maximum atomic E-state index is 12.8. The molecule has 0 radical (unpaired) electrons. The smallest absolute Gasteiger partial charge is 0.205 e. The van der Waals surface area contributed by atoms with Gasteiger partial charge >= 0.3 is 0 Å². The zero-order valence-electron chi connectivity index (χ0n) is 13.9. The number of aryl methyl sites for hydroxylation is 1. The Hall–Kier alpha value is -2.26. The Kier molecular flexibility index (Phi) is 3.92. The number of halogens is 1. The molecule has 1 unspecified atom stereocenters. The van der Waals surface area contributed by atoms with Crippen LogP contribution in [0, 0.1) is 16.7 Å². The second-order valence-corrected chi connectivity index (χ2v) is 7.30. The molecule has 0 bridgehead atoms. The molecule has 7 heteroatoms. The van der Waals surface area contributed by atoms with Crippen molar-refractivity contribution in [2.45, 2.75) is 46.1 Å². The molecule has 0 saturated carbocycles. The molecule has 2 heterocycles. The van der Waals surface area contributed by atoms with Gasteiger partial charge in [-0.1, -0.05) is 25.4 Å². The minimum absolute atomic E-state index is 0.0340. The van der Waals surface area contributed by atoms with E-state index in [4.69, 9.17) is 22.1 Å². The van der Waals surface area contributed by atoms with E-state index in [9.17, 15) is 10.1 Å². The Bertz CT molecular complexity index is 826. The van der Waals surface area contributed by atoms with Gasteiger partial charge in [0.15, 0.2) is 5.78 Å². The van der Waals surface area contributed by atoms with Crippen LogP contribution in [0.1, 0.15) is 45.2 Å². The Morgan fingerprint density at radius 3 is 2.88 bits per heavy atom. The highest BCUT2D eigenvalue weighted by Crippen LogP contribution is 2.48. The molecule has 1 aromatic rings. The Balaban J connectivity index is 2.25. The third-order valence-electron chi connectivity index (χ3n) is 4.48. The number of nitrogens with two attached hydrogens (primary N) is 1. The van der Waals surface area contributed by atoms with Gasteiger partial charge in [-0.2, -0.15) is 10.4 Å². The molecule has 1 atom stereocenters. The Morgan fingerprint density at radius 2 is 2.25 bits per heavy atom. The SMILES string of the molecule is CCn1ncc(Cl)c1C1C(C#N)=C(N)OC2=C1C(=O)CC(C)(C)C2. The van der Waals surface area contributed by atoms with Crippen molar-refractivity contribution in [2.75, 3.05) is 0 Å². The second kappa shape index (κ2) is 5.67. The van der Waals surface area contributed by atoms with E-state index < -0.39 is 5.92 Å². The highest BCUT2D eigenvalue weighted by Gasteiger charge is 2.44. The number of aromatic nitrogens is 2. The van der Waals surface area contributed by atoms with E-state index in [0.29, 0.717) is 41.4 Å². The summed E-state index contributed by atoms with van der Waals surface area (Å²) in [6.07, 6.45) is 2.50. The van der Waals surface area contributed by atoms with Gasteiger partial charge in [0.2, 0.25) is 5.88 Å². The summed E-state index contributed by atoms with van der Waals surface area (Å²) in [4.78, 5) is 12.8. The predicted octanol–water partition coefficient (Wildman–Crippen LogP) is 3.01. The molecule has 0 aromatic carbocycles. The first-order chi connectivity index (χ1) is 11.3. The van der Waals surface area contributed by atoms with Gasteiger partial charge in [0.25, 0.3) is 0 Å². The number of ether oxygens (including phenoxy) is 1. The van der Waals surface area contributed by atoms with Crippen LogP contribution in [0.4, 0.5) is 0 Å². The van der Waals surface area contributed by atoms with Crippen molar-refractivity contribution >= 4 is 17.4 Å². The van der Waals surface area contributed by atoms with Gasteiger partial charge in [-0.25, -0.2) is 0 Å². The van der Waals surface area contributed by atoms with Crippen molar-refractivity contribution in [2.24, 2.45) is 11.1 Å². The standard InChI is InChI=1S/C17H19ClN4O2/c1-4-22-15(10(18)8-21-22)13-9(7-19)16(20)24-12-6-17(2,3)5-11(23)14(12)13/h8,13H,4-6,20H2,1-3H3. The fourth-order valence-electron chi connectivity index (χ4n) is 3.47. The number of carbonyl (C=O) groups excluding carboxylic acids is 1. The zero-order valence-corrected chi connectivity index (χ0v) is 14.6. The summed E-state index contributed by atoms with van der Waals surface area (Å²) < 4.78 is 7.36. The molecular formula is C17H19ClN4O2. The molecule has 2 N–H and O–H groups in total. The number of nitriles is 1. The highest BCUT2D eigenvalue weighted by molar-refractivity contribution is 6.31. The molecule has 0 spiro atoms. The van der Waals surface area contributed by atoms with E-state index in [-0.39, 0.29) is 22.7 Å². The zero-order chi connectivity index (χ0) is 17.6. The van der Waals surface area contributed by atoms with Crippen LogP contribution >= 0.6 is 11.6 Å². The van der Waals surface area contributed by atoms with E-state index >= 15 is 0 Å². The van der Waals surface area contributed by atoms with Crippen LogP contribution in [0.2, 0.25) is 5.02 Å². The van der Waals surface area contributed by atoms with Gasteiger partial charge in [0, 0.05) is 25.0 Å². The quantitative estimate of drug-likeness (QED) is 0.888. The number of carbonyl (C=O) groups is 1. The summed E-state index contributed by atoms with van der Waals surface area (Å²) in [6.45, 7) is 6.51. The molecule has 24 heavy (non-hydrogen) atoms. The second-order valence-electron chi connectivity index (χ2n) is 6.90. The number of hydrogen-bond donors (Lipinski definition) is 1. The van der Waals surface area contributed by atoms with E-state index in [1.54, 1.807) is 4.68 Å². The van der Waals surface area contributed by atoms with Crippen LogP contribution in [0.15, 0.2) is 29.0 Å². The van der Waals surface area contributed by atoms with Gasteiger partial charge < -0.3 is 10.5 Å². The number of hydrogen-bond acceptors (Lipinski definition) is 5. The van der Waals surface area contributed by atoms with E-state index in [1.165, 1.54) is 6.20 Å². The lowest BCUT2D eigenvalue weighted by Gasteiger charge is -2.37. The summed E-state index contributed by atoms with van der Waals surface area (Å²) in [5, 5.41) is 14.2. The third kappa shape index (κ3) is 2.49. The van der Waals surface area contributed by atoms with Crippen molar-refractivity contribution in [3.8, 4) is 6.07 Å². The molecule has 1 aliphatic carbocycles. The maximum absolute atomic E-state index is 12.8. The monoisotopic (exact) mass is 346 g/mol. The molecule has 126 valence electrons. The number of nitrogens with zero attached hydrogens (tertiary/aromatic N) is 3. The highest BCUT2D eigenvalue weighted by atomic mass is 35.5. The summed E-state index contributed by atoms with van der Waals surface area (Å²) in [5.41, 5.74) is 7.08. The van der Waals surface area contributed by atoms with Crippen molar-refractivity contribution in [1.29, 1.82) is 5.26 Å². The average molecular weight is 347 g/mol.